The van der Waals surface area contributed by atoms with E-state index in [2.05, 4.69) is 113 Å². The van der Waals surface area contributed by atoms with Gasteiger partial charge in [0.15, 0.2) is 23.2 Å². The average molecular weight is 1080 g/mol. The van der Waals surface area contributed by atoms with E-state index >= 15 is 0 Å². The highest BCUT2D eigenvalue weighted by molar-refractivity contribution is 14.1. The topological polar surface area (TPSA) is 139 Å². The molecule has 2 aliphatic heterocycles. The highest BCUT2D eigenvalue weighted by atomic mass is 127. The van der Waals surface area contributed by atoms with Crippen molar-refractivity contribution in [3.05, 3.63) is 72.0 Å². The number of carbonyl (C=O) groups is 2. The number of esters is 1. The van der Waals surface area contributed by atoms with E-state index in [1.807, 2.05) is 43.3 Å². The quantitative estimate of drug-likeness (QED) is 0.0283. The zero-order valence-electron chi connectivity index (χ0n) is 37.7. The first-order chi connectivity index (χ1) is 27.2. The van der Waals surface area contributed by atoms with Crippen molar-refractivity contribution in [2.45, 2.75) is 136 Å². The lowest BCUT2D eigenvalue weighted by molar-refractivity contribution is -0.469. The number of hydrogen-bond donors (Lipinski definition) is 1. The van der Waals surface area contributed by atoms with E-state index in [1.165, 1.54) is 6.92 Å². The highest BCUT2D eigenvalue weighted by Crippen LogP contribution is 2.42. The van der Waals surface area contributed by atoms with E-state index in [0.717, 1.165) is 30.2 Å². The minimum Gasteiger partial charge on any atom is -0.623 e. The molecular weight excluding hydrogens is 1010 g/mol. The predicted molar refractivity (Wildman–Crippen MR) is 256 cm³/mol. The standard InChI is InChI=1S/C21H32INO5Si.C11H12INO3.C11H24O2Si/c1-13-17-16(12-26-29(6,7)21(2,3)4)28-23(18(17)20(24)27-13)11-14-9-8-10-15(22)19(14)25-5;1-8(14)6-13(15)7-9-4-3-5-10(12)11(9)16-2;1-10(12)8-7-9-13-14(5,6)11(2,3)4/h8-10,13,16-18H,11-12H2,1-7H3;3-6H,7H2,1-2H3;7-8,10,12H,9H2,1-6H3/b;13-6-;8-7-/t13-,16-,17+,18-;;10-/m0.0/s1. The Labute approximate surface area is 382 Å². The SMILES string of the molecule is COc1c(I)cccc1C/[N+]([O-])=C/C(C)=O.COc1c(I)cccc1CN1O[C@@H](CO[Si](C)(C)C(C)(C)C)[C@H]2[C@H](C)OC(=O)[C@H]21.C[C@H](O)/C=C\CO[Si](C)(C)C(C)(C)C. The molecule has 2 fully saturated rings. The Morgan fingerprint density at radius 2 is 1.46 bits per heavy atom. The van der Waals surface area contributed by atoms with Crippen LogP contribution in [0.25, 0.3) is 0 Å². The molecule has 0 aliphatic carbocycles. The number of carbonyl (C=O) groups excluding carboxylic acids is 2. The van der Waals surface area contributed by atoms with Crippen LogP contribution in [0, 0.1) is 18.3 Å². The van der Waals surface area contributed by atoms with Gasteiger partial charge in [-0.1, -0.05) is 71.9 Å². The van der Waals surface area contributed by atoms with Gasteiger partial charge in [0.1, 0.15) is 29.7 Å². The Morgan fingerprint density at radius 3 is 1.95 bits per heavy atom. The van der Waals surface area contributed by atoms with Gasteiger partial charge in [-0.3, -0.25) is 14.4 Å². The molecule has 16 heteroatoms. The Bertz CT molecular complexity index is 1760. The van der Waals surface area contributed by atoms with Crippen molar-refractivity contribution in [2.24, 2.45) is 5.92 Å². The number of hydroxylamine groups is 3. The molecular formula is C43H68I2N2O10Si2. The van der Waals surface area contributed by atoms with Crippen molar-refractivity contribution < 1.29 is 47.3 Å². The summed E-state index contributed by atoms with van der Waals surface area (Å²) in [5.74, 6) is 0.970. The molecule has 0 aromatic heterocycles. The number of para-hydroxylation sites is 2. The number of nitrogens with zero attached hydrogens (tertiary/aromatic N) is 2. The molecule has 0 radical (unpaired) electrons. The zero-order valence-corrected chi connectivity index (χ0v) is 44.0. The summed E-state index contributed by atoms with van der Waals surface area (Å²) in [6.45, 7) is 28.9. The van der Waals surface area contributed by atoms with Crippen LogP contribution < -0.4 is 9.47 Å². The van der Waals surface area contributed by atoms with Crippen LogP contribution in [0.1, 0.15) is 73.4 Å². The molecule has 332 valence electrons. The second-order valence-electron chi connectivity index (χ2n) is 17.9. The molecule has 5 atom stereocenters. The van der Waals surface area contributed by atoms with Crippen molar-refractivity contribution in [2.75, 3.05) is 27.4 Å². The molecule has 12 nitrogen and oxygen atoms in total. The summed E-state index contributed by atoms with van der Waals surface area (Å²) in [7, 11) is -0.305. The number of hydrogen-bond acceptors (Lipinski definition) is 11. The number of ether oxygens (including phenoxy) is 3. The number of halogens is 2. The fourth-order valence-corrected chi connectivity index (χ4v) is 9.29. The summed E-state index contributed by atoms with van der Waals surface area (Å²) in [6, 6.07) is 11.1. The highest BCUT2D eigenvalue weighted by Gasteiger charge is 2.57. The van der Waals surface area contributed by atoms with Crippen LogP contribution in [0.15, 0.2) is 48.6 Å². The molecule has 0 saturated carbocycles. The molecule has 0 amide bonds. The monoisotopic (exact) mass is 1080 g/mol. The maximum Gasteiger partial charge on any atom is 0.326 e. The predicted octanol–water partition coefficient (Wildman–Crippen LogP) is 9.28. The lowest BCUT2D eigenvalue weighted by Gasteiger charge is -2.37. The number of rotatable bonds is 14. The maximum absolute atomic E-state index is 12.6. The van der Waals surface area contributed by atoms with Gasteiger partial charge in [0.2, 0.25) is 12.0 Å². The van der Waals surface area contributed by atoms with Crippen LogP contribution in [-0.4, -0.2) is 101 Å². The van der Waals surface area contributed by atoms with Gasteiger partial charge in [-0.05, 0) is 113 Å². The molecule has 0 spiro atoms. The number of ketones is 1. The molecule has 2 aromatic carbocycles. The van der Waals surface area contributed by atoms with Crippen molar-refractivity contribution in [3.8, 4) is 11.5 Å². The zero-order chi connectivity index (χ0) is 45.1. The van der Waals surface area contributed by atoms with Crippen molar-refractivity contribution in [3.63, 3.8) is 0 Å². The van der Waals surface area contributed by atoms with Gasteiger partial charge in [-0.25, -0.2) is 4.74 Å². The van der Waals surface area contributed by atoms with Crippen LogP contribution >= 0.6 is 45.2 Å². The molecule has 1 N–H and O–H groups in total. The summed E-state index contributed by atoms with van der Waals surface area (Å²) in [4.78, 5) is 29.6. The molecule has 4 rings (SSSR count). The fourth-order valence-electron chi connectivity index (χ4n) is 5.78. The van der Waals surface area contributed by atoms with Gasteiger partial charge in [0.05, 0.1) is 58.7 Å². The van der Waals surface area contributed by atoms with E-state index in [4.69, 9.17) is 33.0 Å². The Morgan fingerprint density at radius 1 is 0.949 bits per heavy atom. The summed E-state index contributed by atoms with van der Waals surface area (Å²) >= 11 is 4.39. The third-order valence-corrected chi connectivity index (χ3v) is 21.8. The van der Waals surface area contributed by atoms with Gasteiger partial charge in [-0.2, -0.15) is 5.06 Å². The van der Waals surface area contributed by atoms with Gasteiger partial charge in [0.25, 0.3) is 0 Å². The number of cyclic esters (lactones) is 1. The number of Topliss-reactive ketones (excluding diaryl/α,β-unsaturated/α-hetero) is 1. The van der Waals surface area contributed by atoms with Crippen molar-refractivity contribution in [1.82, 2.24) is 5.06 Å². The number of benzene rings is 2. The first-order valence-corrected chi connectivity index (χ1v) is 27.8. The van der Waals surface area contributed by atoms with Crippen molar-refractivity contribution in [1.29, 1.82) is 0 Å². The van der Waals surface area contributed by atoms with Crippen LogP contribution in [0.5, 0.6) is 11.5 Å². The lowest BCUT2D eigenvalue weighted by atomic mass is 9.93. The van der Waals surface area contributed by atoms with Gasteiger partial charge in [0, 0.05) is 12.5 Å². The summed E-state index contributed by atoms with van der Waals surface area (Å²) in [5, 5.41) is 22.5. The second-order valence-corrected chi connectivity index (χ2v) is 29.8. The first kappa shape index (κ1) is 53.2. The summed E-state index contributed by atoms with van der Waals surface area (Å²) in [6.07, 6.45) is 3.91. The molecule has 2 aliphatic rings. The molecule has 2 heterocycles. The van der Waals surface area contributed by atoms with Gasteiger partial charge >= 0.3 is 5.97 Å². The second kappa shape index (κ2) is 23.0. The van der Waals surface area contributed by atoms with E-state index in [9.17, 15) is 14.8 Å². The Kier molecular flexibility index (Phi) is 20.7. The Balaban J connectivity index is 0.000000339. The summed E-state index contributed by atoms with van der Waals surface area (Å²) in [5.41, 5.74) is 1.75. The van der Waals surface area contributed by atoms with E-state index in [1.54, 1.807) is 38.3 Å². The van der Waals surface area contributed by atoms with E-state index in [-0.39, 0.29) is 52.6 Å². The smallest absolute Gasteiger partial charge is 0.326 e. The number of fused-ring (bicyclic) bond motifs is 1. The minimum absolute atomic E-state index is 0.0407. The largest absolute Gasteiger partial charge is 0.623 e. The van der Waals surface area contributed by atoms with Crippen molar-refractivity contribution >= 4 is 79.8 Å². The number of methoxy groups -OCH3 is 2. The summed E-state index contributed by atoms with van der Waals surface area (Å²) < 4.78 is 31.2. The van der Waals surface area contributed by atoms with Gasteiger partial charge in [-0.15, -0.1) is 0 Å². The van der Waals surface area contributed by atoms with Crippen LogP contribution in [-0.2, 0) is 41.1 Å². The molecule has 0 unspecified atom stereocenters. The fraction of sp³-hybridized carbons (Fsp3) is 0.605. The molecule has 2 saturated heterocycles. The third-order valence-electron chi connectivity index (χ3n) is 11.1. The Hall–Kier alpha value is -1.92. The normalized spacial score (nSPS) is 20.6. The maximum atomic E-state index is 12.6. The van der Waals surface area contributed by atoms with Gasteiger partial charge < -0.3 is 33.4 Å². The number of aliphatic hydroxyl groups is 1. The average Bonchev–Trinajstić information content (AvgIpc) is 3.61. The minimum atomic E-state index is -1.92. The van der Waals surface area contributed by atoms with E-state index < -0.39 is 22.7 Å². The third kappa shape index (κ3) is 15.7. The van der Waals surface area contributed by atoms with Crippen LogP contribution in [0.4, 0.5) is 0 Å². The molecule has 0 bridgehead atoms. The first-order valence-electron chi connectivity index (χ1n) is 19.9. The number of aliphatic hydroxyl groups excluding tert-OH is 1. The molecule has 2 aromatic rings. The van der Waals surface area contributed by atoms with Crippen LogP contribution in [0.2, 0.25) is 36.3 Å². The molecule has 59 heavy (non-hydrogen) atoms. The lowest BCUT2D eigenvalue weighted by Crippen LogP contribution is -2.44. The van der Waals surface area contributed by atoms with Crippen LogP contribution in [0.3, 0.4) is 0 Å². The van der Waals surface area contributed by atoms with E-state index in [0.29, 0.717) is 30.2 Å².